The van der Waals surface area contributed by atoms with E-state index in [0.29, 0.717) is 11.0 Å². The predicted molar refractivity (Wildman–Crippen MR) is 53.8 cm³/mol. The Hall–Kier alpha value is -1.81. The first kappa shape index (κ1) is 9.73. The quantitative estimate of drug-likeness (QED) is 0.744. The van der Waals surface area contributed by atoms with Crippen molar-refractivity contribution in [1.29, 1.82) is 0 Å². The van der Waals surface area contributed by atoms with E-state index >= 15 is 0 Å². The average Bonchev–Trinajstić information content (AvgIpc) is 2.28. The maximum Gasteiger partial charge on any atom is 0.392 e. The number of carbonyl (C=O) groups is 1. The van der Waals surface area contributed by atoms with Gasteiger partial charge in [-0.2, -0.15) is 0 Å². The summed E-state index contributed by atoms with van der Waals surface area (Å²) in [5.74, 6) is -1.10. The lowest BCUT2D eigenvalue weighted by atomic mass is 10.2. The first-order chi connectivity index (χ1) is 7.22. The van der Waals surface area contributed by atoms with Gasteiger partial charge in [-0.15, -0.1) is 0 Å². The van der Waals surface area contributed by atoms with Crippen LogP contribution in [0.15, 0.2) is 39.5 Å². The summed E-state index contributed by atoms with van der Waals surface area (Å²) in [5.41, 5.74) is 0.0102. The minimum absolute atomic E-state index is 0.214. The van der Waals surface area contributed by atoms with Crippen LogP contribution in [-0.2, 0) is 4.29 Å². The van der Waals surface area contributed by atoms with E-state index in [9.17, 15) is 9.59 Å². The second-order valence-electron chi connectivity index (χ2n) is 2.84. The first-order valence-corrected chi connectivity index (χ1v) is 4.39. The van der Waals surface area contributed by atoms with Crippen molar-refractivity contribution in [3.63, 3.8) is 0 Å². The maximum atomic E-state index is 11.5. The summed E-state index contributed by atoms with van der Waals surface area (Å²) >= 11 is 4.88. The summed E-state index contributed by atoms with van der Waals surface area (Å²) in [6, 6.07) is 7.64. The fourth-order valence-corrected chi connectivity index (χ4v) is 1.32. The summed E-state index contributed by atoms with van der Waals surface area (Å²) in [6.07, 6.45) is 0. The molecule has 5 heteroatoms. The van der Waals surface area contributed by atoms with E-state index in [2.05, 4.69) is 4.29 Å². The van der Waals surface area contributed by atoms with Gasteiger partial charge in [0.1, 0.15) is 17.4 Å². The number of hydrogen-bond donors (Lipinski definition) is 0. The van der Waals surface area contributed by atoms with Crippen LogP contribution in [0.3, 0.4) is 0 Å². The summed E-state index contributed by atoms with van der Waals surface area (Å²) in [6.45, 7) is 0. The topological polar surface area (TPSA) is 56.5 Å². The Morgan fingerprint density at radius 3 is 2.80 bits per heavy atom. The molecule has 0 spiro atoms. The minimum atomic E-state index is -0.889. The molecule has 4 nitrogen and oxygen atoms in total. The molecule has 2 aromatic rings. The van der Waals surface area contributed by atoms with Crippen LogP contribution in [-0.4, -0.2) is 5.97 Å². The zero-order chi connectivity index (χ0) is 10.8. The van der Waals surface area contributed by atoms with Gasteiger partial charge in [-0.25, -0.2) is 4.79 Å². The van der Waals surface area contributed by atoms with Crippen LogP contribution in [0, 0.1) is 0 Å². The van der Waals surface area contributed by atoms with Crippen molar-refractivity contribution in [1.82, 2.24) is 0 Å². The van der Waals surface area contributed by atoms with Crippen LogP contribution in [0.2, 0.25) is 0 Å². The normalized spacial score (nSPS) is 10.2. The number of para-hydroxylation sites is 1. The van der Waals surface area contributed by atoms with Crippen LogP contribution < -0.4 is 5.43 Å². The minimum Gasteiger partial charge on any atom is -0.449 e. The molecule has 1 aromatic heterocycles. The number of fused-ring (bicyclic) bond motifs is 1. The van der Waals surface area contributed by atoms with Crippen molar-refractivity contribution in [3.8, 4) is 0 Å². The van der Waals surface area contributed by atoms with Gasteiger partial charge in [0.05, 0.1) is 5.39 Å². The largest absolute Gasteiger partial charge is 0.449 e. The second kappa shape index (κ2) is 3.74. The molecule has 1 aromatic carbocycles. The van der Waals surface area contributed by atoms with Gasteiger partial charge in [0, 0.05) is 6.07 Å². The molecule has 76 valence electrons. The zero-order valence-electron chi connectivity index (χ0n) is 7.40. The molecular weight excluding hydrogens is 220 g/mol. The van der Waals surface area contributed by atoms with Gasteiger partial charge in [0.2, 0.25) is 5.76 Å². The summed E-state index contributed by atoms with van der Waals surface area (Å²) in [4.78, 5) is 22.5. The Kier molecular flexibility index (Phi) is 2.43. The Labute approximate surface area is 89.2 Å². The molecule has 0 fully saturated rings. The number of halogens is 1. The molecule has 2 rings (SSSR count). The summed E-state index contributed by atoms with van der Waals surface area (Å²) < 4.78 is 9.08. The van der Waals surface area contributed by atoms with Gasteiger partial charge in [-0.1, -0.05) is 12.1 Å². The van der Waals surface area contributed by atoms with Gasteiger partial charge < -0.3 is 8.71 Å². The highest BCUT2D eigenvalue weighted by Gasteiger charge is 2.12. The Bertz CT molecular complexity index is 573. The molecule has 0 unspecified atom stereocenters. The standard InChI is InChI=1S/C10H5ClO4/c11-15-10(13)9-5-7(12)6-3-1-2-4-8(6)14-9/h1-5H. The van der Waals surface area contributed by atoms with Crippen LogP contribution in [0.5, 0.6) is 0 Å². The molecule has 0 aliphatic heterocycles. The highest BCUT2D eigenvalue weighted by molar-refractivity contribution is 6.15. The van der Waals surface area contributed by atoms with E-state index in [1.807, 2.05) is 0 Å². The molecule has 0 radical (unpaired) electrons. The van der Waals surface area contributed by atoms with E-state index in [4.69, 9.17) is 16.3 Å². The van der Waals surface area contributed by atoms with Crippen molar-refractivity contribution in [2.75, 3.05) is 0 Å². The molecule has 0 aliphatic rings. The lowest BCUT2D eigenvalue weighted by Gasteiger charge is -1.98. The first-order valence-electron chi connectivity index (χ1n) is 4.08. The van der Waals surface area contributed by atoms with E-state index in [-0.39, 0.29) is 11.2 Å². The van der Waals surface area contributed by atoms with Crippen molar-refractivity contribution < 1.29 is 13.5 Å². The van der Waals surface area contributed by atoms with Crippen LogP contribution in [0.25, 0.3) is 11.0 Å². The zero-order valence-corrected chi connectivity index (χ0v) is 8.15. The second-order valence-corrected chi connectivity index (χ2v) is 2.99. The number of carbonyl (C=O) groups excluding carboxylic acids is 1. The van der Waals surface area contributed by atoms with E-state index in [0.717, 1.165) is 6.07 Å². The van der Waals surface area contributed by atoms with Crippen molar-refractivity contribution >= 4 is 28.8 Å². The fourth-order valence-electron chi connectivity index (χ4n) is 1.24. The fraction of sp³-hybridized carbons (Fsp3) is 0. The van der Waals surface area contributed by atoms with Crippen molar-refractivity contribution in [3.05, 3.63) is 46.3 Å². The Balaban J connectivity index is 2.73. The third kappa shape index (κ3) is 1.71. The molecule has 15 heavy (non-hydrogen) atoms. The number of hydrogen-bond acceptors (Lipinski definition) is 4. The lowest BCUT2D eigenvalue weighted by molar-refractivity contribution is 0.0719. The highest BCUT2D eigenvalue weighted by Crippen LogP contribution is 2.12. The van der Waals surface area contributed by atoms with Gasteiger partial charge in [0.15, 0.2) is 5.43 Å². The van der Waals surface area contributed by atoms with Crippen molar-refractivity contribution in [2.45, 2.75) is 0 Å². The molecular formula is C10H5ClO4. The molecule has 0 amide bonds. The van der Waals surface area contributed by atoms with Gasteiger partial charge in [-0.3, -0.25) is 4.79 Å². The average molecular weight is 225 g/mol. The third-order valence-corrected chi connectivity index (χ3v) is 2.05. The van der Waals surface area contributed by atoms with E-state index in [1.165, 1.54) is 0 Å². The molecule has 0 N–H and O–H groups in total. The van der Waals surface area contributed by atoms with E-state index < -0.39 is 5.97 Å². The van der Waals surface area contributed by atoms with E-state index in [1.54, 1.807) is 24.3 Å². The lowest BCUT2D eigenvalue weighted by Crippen LogP contribution is -2.06. The number of benzene rings is 1. The summed E-state index contributed by atoms with van der Waals surface area (Å²) in [5, 5.41) is 0.406. The monoisotopic (exact) mass is 224 g/mol. The Morgan fingerprint density at radius 2 is 2.07 bits per heavy atom. The van der Waals surface area contributed by atoms with Gasteiger partial charge in [0.25, 0.3) is 0 Å². The molecule has 1 heterocycles. The Morgan fingerprint density at radius 1 is 1.33 bits per heavy atom. The third-order valence-electron chi connectivity index (χ3n) is 1.91. The smallest absolute Gasteiger partial charge is 0.392 e. The van der Waals surface area contributed by atoms with Gasteiger partial charge >= 0.3 is 5.97 Å². The molecule has 0 atom stereocenters. The van der Waals surface area contributed by atoms with Crippen LogP contribution >= 0.6 is 11.9 Å². The van der Waals surface area contributed by atoms with Crippen molar-refractivity contribution in [2.24, 2.45) is 0 Å². The molecule has 0 saturated heterocycles. The summed E-state index contributed by atoms with van der Waals surface area (Å²) in [7, 11) is 0. The SMILES string of the molecule is O=C(OCl)c1cc(=O)c2ccccc2o1. The highest BCUT2D eigenvalue weighted by atomic mass is 35.5. The maximum absolute atomic E-state index is 11.5. The molecule has 0 saturated carbocycles. The van der Waals surface area contributed by atoms with Gasteiger partial charge in [-0.05, 0) is 12.1 Å². The van der Waals surface area contributed by atoms with Crippen LogP contribution in [0.1, 0.15) is 10.6 Å². The van der Waals surface area contributed by atoms with Crippen LogP contribution in [0.4, 0.5) is 0 Å². The number of rotatable bonds is 1. The molecule has 0 bridgehead atoms. The molecule has 0 aliphatic carbocycles. The predicted octanol–water partition coefficient (Wildman–Crippen LogP) is 2.10.